The minimum atomic E-state index is 1.13. The van der Waals surface area contributed by atoms with Gasteiger partial charge in [0.15, 0.2) is 0 Å². The summed E-state index contributed by atoms with van der Waals surface area (Å²) in [5, 5.41) is 6.30. The van der Waals surface area contributed by atoms with E-state index >= 15 is 0 Å². The third-order valence-corrected chi connectivity index (χ3v) is 11.9. The Labute approximate surface area is 311 Å². The van der Waals surface area contributed by atoms with Crippen molar-refractivity contribution in [3.8, 4) is 44.1 Å². The lowest BCUT2D eigenvalue weighted by Crippen LogP contribution is -2.00. The fourth-order valence-electron chi connectivity index (χ4n) is 8.38. The third kappa shape index (κ3) is 4.71. The van der Waals surface area contributed by atoms with Crippen LogP contribution in [0.5, 0.6) is 0 Å². The highest BCUT2D eigenvalue weighted by Crippen LogP contribution is 2.46. The van der Waals surface area contributed by atoms with Crippen molar-refractivity contribution in [3.63, 3.8) is 0 Å². The van der Waals surface area contributed by atoms with Gasteiger partial charge in [-0.3, -0.25) is 0 Å². The Balaban J connectivity index is 1.22. The predicted molar refractivity (Wildman–Crippen MR) is 227 cm³/mol. The zero-order valence-electron chi connectivity index (χ0n) is 28.8. The Kier molecular flexibility index (Phi) is 6.76. The van der Waals surface area contributed by atoms with E-state index in [1.165, 1.54) is 86.4 Å². The van der Waals surface area contributed by atoms with E-state index in [1.807, 2.05) is 11.3 Å². The summed E-state index contributed by atoms with van der Waals surface area (Å²) in [6, 6.07) is 71.0. The Morgan fingerprint density at radius 2 is 0.736 bits per heavy atom. The lowest BCUT2D eigenvalue weighted by Gasteiger charge is -2.16. The first-order chi connectivity index (χ1) is 26.3. The molecule has 11 rings (SSSR count). The summed E-state index contributed by atoms with van der Waals surface area (Å²) in [6.07, 6.45) is 0. The van der Waals surface area contributed by atoms with Crippen LogP contribution >= 0.6 is 11.3 Å². The number of hydrogen-bond donors (Lipinski definition) is 0. The molecule has 0 aliphatic rings. The van der Waals surface area contributed by atoms with Gasteiger partial charge < -0.3 is 9.13 Å². The summed E-state index contributed by atoms with van der Waals surface area (Å²) in [4.78, 5) is 1.30. The van der Waals surface area contributed by atoms with Gasteiger partial charge in [-0.25, -0.2) is 0 Å². The molecule has 0 spiro atoms. The van der Waals surface area contributed by atoms with Gasteiger partial charge in [0.1, 0.15) is 0 Å². The van der Waals surface area contributed by atoms with Crippen molar-refractivity contribution in [1.82, 2.24) is 9.13 Å². The van der Waals surface area contributed by atoms with Crippen LogP contribution in [0.4, 0.5) is 0 Å². The Bertz CT molecular complexity index is 2920. The van der Waals surface area contributed by atoms with Crippen LogP contribution in [-0.2, 0) is 0 Å². The number of para-hydroxylation sites is 4. The number of hydrogen-bond acceptors (Lipinski definition) is 1. The van der Waals surface area contributed by atoms with Crippen LogP contribution in [0, 0.1) is 0 Å². The Morgan fingerprint density at radius 3 is 1.23 bits per heavy atom. The van der Waals surface area contributed by atoms with E-state index in [0.29, 0.717) is 0 Å². The SMILES string of the molecule is c1ccc(-c2sc3ccc(-c4cc(-n5c6ccccc6c6ccccc65)cc(-n5c6ccccc6c6ccccc65)c4)cc3c2-c2ccccc2)cc1. The molecule has 0 amide bonds. The highest BCUT2D eigenvalue weighted by molar-refractivity contribution is 7.23. The molecule has 248 valence electrons. The van der Waals surface area contributed by atoms with Crippen molar-refractivity contribution in [3.05, 3.63) is 194 Å². The van der Waals surface area contributed by atoms with Crippen molar-refractivity contribution in [2.45, 2.75) is 0 Å². The van der Waals surface area contributed by atoms with Crippen LogP contribution in [-0.4, -0.2) is 9.13 Å². The van der Waals surface area contributed by atoms with Crippen LogP contribution in [0.25, 0.3) is 97.8 Å². The van der Waals surface area contributed by atoms with Gasteiger partial charge in [-0.15, -0.1) is 11.3 Å². The first kappa shape index (κ1) is 30.0. The molecule has 0 aliphatic carbocycles. The second-order valence-electron chi connectivity index (χ2n) is 13.7. The van der Waals surface area contributed by atoms with Gasteiger partial charge in [-0.05, 0) is 76.9 Å². The highest BCUT2D eigenvalue weighted by Gasteiger charge is 2.19. The molecular formula is C50H32N2S. The number of nitrogens with zero attached hydrogens (tertiary/aromatic N) is 2. The third-order valence-electron chi connectivity index (χ3n) is 10.7. The largest absolute Gasteiger partial charge is 0.309 e. The van der Waals surface area contributed by atoms with E-state index in [9.17, 15) is 0 Å². The normalized spacial score (nSPS) is 11.8. The number of aromatic nitrogens is 2. The molecule has 0 aliphatic heterocycles. The summed E-state index contributed by atoms with van der Waals surface area (Å²) in [7, 11) is 0. The number of fused-ring (bicyclic) bond motifs is 7. The standard InChI is InChI=1S/C50H32N2S/c1-3-15-33(16-4-1)49-43-31-35(27-28-48(43)53-50(49)34-17-5-2-6-18-34)36-29-37(51-44-23-11-7-19-39(44)40-20-8-12-24-45(40)51)32-38(30-36)52-46-25-13-9-21-41(46)42-22-10-14-26-47(42)52/h1-32H. The average Bonchev–Trinajstić information content (AvgIpc) is 3.89. The monoisotopic (exact) mass is 692 g/mol. The number of rotatable bonds is 5. The molecule has 0 atom stereocenters. The van der Waals surface area contributed by atoms with Gasteiger partial charge in [-0.1, -0.05) is 140 Å². The molecule has 0 unspecified atom stereocenters. The second-order valence-corrected chi connectivity index (χ2v) is 14.8. The van der Waals surface area contributed by atoms with Crippen molar-refractivity contribution in [2.24, 2.45) is 0 Å². The minimum Gasteiger partial charge on any atom is -0.309 e. The minimum absolute atomic E-state index is 1.13. The van der Waals surface area contributed by atoms with E-state index in [1.54, 1.807) is 0 Å². The maximum atomic E-state index is 2.44. The molecule has 0 fully saturated rings. The van der Waals surface area contributed by atoms with Crippen molar-refractivity contribution >= 4 is 65.0 Å². The van der Waals surface area contributed by atoms with Crippen LogP contribution in [0.1, 0.15) is 0 Å². The molecule has 0 saturated heterocycles. The fraction of sp³-hybridized carbons (Fsp3) is 0. The first-order valence-corrected chi connectivity index (χ1v) is 18.9. The lowest BCUT2D eigenvalue weighted by molar-refractivity contribution is 1.13. The topological polar surface area (TPSA) is 9.86 Å². The van der Waals surface area contributed by atoms with Gasteiger partial charge in [0.2, 0.25) is 0 Å². The van der Waals surface area contributed by atoms with Crippen LogP contribution in [0.3, 0.4) is 0 Å². The first-order valence-electron chi connectivity index (χ1n) is 18.1. The molecular weight excluding hydrogens is 661 g/mol. The van der Waals surface area contributed by atoms with E-state index in [4.69, 9.17) is 0 Å². The fourth-order valence-corrected chi connectivity index (χ4v) is 9.59. The molecule has 53 heavy (non-hydrogen) atoms. The number of benzene rings is 8. The highest BCUT2D eigenvalue weighted by atomic mass is 32.1. The van der Waals surface area contributed by atoms with E-state index in [0.717, 1.165) is 11.4 Å². The molecule has 0 radical (unpaired) electrons. The number of thiophene rings is 1. The zero-order valence-corrected chi connectivity index (χ0v) is 29.6. The van der Waals surface area contributed by atoms with Gasteiger partial charge in [0, 0.05) is 53.4 Å². The maximum Gasteiger partial charge on any atom is 0.0541 e. The smallest absolute Gasteiger partial charge is 0.0541 e. The van der Waals surface area contributed by atoms with E-state index < -0.39 is 0 Å². The molecule has 3 heteroatoms. The molecule has 0 saturated carbocycles. The molecule has 2 nitrogen and oxygen atoms in total. The molecule has 3 aromatic heterocycles. The Morgan fingerprint density at radius 1 is 0.302 bits per heavy atom. The maximum absolute atomic E-state index is 2.44. The van der Waals surface area contributed by atoms with Crippen molar-refractivity contribution < 1.29 is 0 Å². The van der Waals surface area contributed by atoms with E-state index in [-0.39, 0.29) is 0 Å². The lowest BCUT2D eigenvalue weighted by atomic mass is 9.96. The summed E-state index contributed by atoms with van der Waals surface area (Å²) >= 11 is 1.88. The van der Waals surface area contributed by atoms with Crippen molar-refractivity contribution in [2.75, 3.05) is 0 Å². The van der Waals surface area contributed by atoms with Gasteiger partial charge >= 0.3 is 0 Å². The molecule has 0 N–H and O–H groups in total. The molecule has 0 bridgehead atoms. The van der Waals surface area contributed by atoms with Gasteiger partial charge in [0.05, 0.1) is 22.1 Å². The summed E-state index contributed by atoms with van der Waals surface area (Å²) in [6.45, 7) is 0. The quantitative estimate of drug-likeness (QED) is 0.170. The predicted octanol–water partition coefficient (Wildman–Crippen LogP) is 14.1. The summed E-state index contributed by atoms with van der Waals surface area (Å²) in [5.74, 6) is 0. The molecule has 8 aromatic carbocycles. The summed E-state index contributed by atoms with van der Waals surface area (Å²) in [5.41, 5.74) is 13.2. The van der Waals surface area contributed by atoms with Crippen LogP contribution in [0.2, 0.25) is 0 Å². The van der Waals surface area contributed by atoms with Gasteiger partial charge in [0.25, 0.3) is 0 Å². The molecule has 3 heterocycles. The molecule has 11 aromatic rings. The Hall–Kier alpha value is -6.68. The van der Waals surface area contributed by atoms with Gasteiger partial charge in [-0.2, -0.15) is 0 Å². The van der Waals surface area contributed by atoms with Crippen LogP contribution in [0.15, 0.2) is 194 Å². The van der Waals surface area contributed by atoms with E-state index in [2.05, 4.69) is 203 Å². The summed E-state index contributed by atoms with van der Waals surface area (Å²) < 4.78 is 6.17. The average molecular weight is 693 g/mol. The zero-order chi connectivity index (χ0) is 34.9. The van der Waals surface area contributed by atoms with Crippen molar-refractivity contribution in [1.29, 1.82) is 0 Å². The second kappa shape index (κ2) is 11.9. The van der Waals surface area contributed by atoms with Crippen LogP contribution < -0.4 is 0 Å².